The van der Waals surface area contributed by atoms with Crippen LogP contribution in [-0.4, -0.2) is 36.3 Å². The second-order valence-corrected chi connectivity index (χ2v) is 4.93. The van der Waals surface area contributed by atoms with Gasteiger partial charge in [0.2, 0.25) is 11.8 Å². The third kappa shape index (κ3) is 2.96. The number of nitrogens with zero attached hydrogens (tertiary/aromatic N) is 2. The summed E-state index contributed by atoms with van der Waals surface area (Å²) in [6, 6.07) is 2.14. The third-order valence-corrected chi connectivity index (χ3v) is 3.01. The summed E-state index contributed by atoms with van der Waals surface area (Å²) in [6.45, 7) is 3.74. The lowest BCUT2D eigenvalue weighted by Crippen LogP contribution is -2.49. The minimum absolute atomic E-state index is 0.0143. The number of rotatable bonds is 4. The highest BCUT2D eigenvalue weighted by Crippen LogP contribution is 2.41. The minimum atomic E-state index is -0.868. The fraction of sp³-hybridized carbons (Fsp3) is 0.750. The summed E-state index contributed by atoms with van der Waals surface area (Å²) in [5.41, 5.74) is -0.868. The maximum absolute atomic E-state index is 12.0. The first-order chi connectivity index (χ1) is 7.91. The van der Waals surface area contributed by atoms with E-state index < -0.39 is 5.41 Å². The molecular formula is C12H19N3O2. The van der Waals surface area contributed by atoms with Gasteiger partial charge < -0.3 is 10.2 Å². The first-order valence-electron chi connectivity index (χ1n) is 5.87. The van der Waals surface area contributed by atoms with E-state index in [1.54, 1.807) is 7.05 Å². The zero-order valence-corrected chi connectivity index (χ0v) is 10.6. The maximum Gasteiger partial charge on any atom is 0.243 e. The molecule has 0 unspecified atom stereocenters. The number of amides is 2. The molecule has 0 heterocycles. The summed E-state index contributed by atoms with van der Waals surface area (Å²) >= 11 is 0. The van der Waals surface area contributed by atoms with Gasteiger partial charge in [-0.05, 0) is 33.1 Å². The lowest BCUT2D eigenvalue weighted by atomic mass is 9.69. The van der Waals surface area contributed by atoms with Gasteiger partial charge in [-0.1, -0.05) is 0 Å². The average molecular weight is 237 g/mol. The van der Waals surface area contributed by atoms with Crippen molar-refractivity contribution in [1.29, 1.82) is 5.26 Å². The van der Waals surface area contributed by atoms with Crippen molar-refractivity contribution in [2.75, 3.05) is 13.6 Å². The summed E-state index contributed by atoms with van der Waals surface area (Å²) in [6.07, 6.45) is 2.13. The quantitative estimate of drug-likeness (QED) is 0.780. The Morgan fingerprint density at radius 3 is 2.41 bits per heavy atom. The van der Waals surface area contributed by atoms with Crippen molar-refractivity contribution >= 4 is 11.8 Å². The van der Waals surface area contributed by atoms with Crippen molar-refractivity contribution < 1.29 is 9.59 Å². The maximum atomic E-state index is 12.0. The smallest absolute Gasteiger partial charge is 0.243 e. The Balaban J connectivity index is 2.53. The Kier molecular flexibility index (Phi) is 4.11. The van der Waals surface area contributed by atoms with E-state index in [9.17, 15) is 9.59 Å². The highest BCUT2D eigenvalue weighted by molar-refractivity contribution is 5.90. The number of carbonyl (C=O) groups excluding carboxylic acids is 2. The highest BCUT2D eigenvalue weighted by atomic mass is 16.2. The van der Waals surface area contributed by atoms with Crippen molar-refractivity contribution in [2.45, 2.75) is 39.2 Å². The Morgan fingerprint density at radius 1 is 1.47 bits per heavy atom. The molecule has 1 N–H and O–H groups in total. The van der Waals surface area contributed by atoms with Crippen LogP contribution in [0.3, 0.4) is 0 Å². The van der Waals surface area contributed by atoms with Crippen LogP contribution in [0.25, 0.3) is 0 Å². The molecule has 1 saturated carbocycles. The van der Waals surface area contributed by atoms with Crippen LogP contribution in [0.15, 0.2) is 0 Å². The summed E-state index contributed by atoms with van der Waals surface area (Å²) in [4.78, 5) is 24.9. The van der Waals surface area contributed by atoms with Gasteiger partial charge in [0.15, 0.2) is 0 Å². The van der Waals surface area contributed by atoms with E-state index in [-0.39, 0.29) is 24.4 Å². The molecule has 17 heavy (non-hydrogen) atoms. The number of hydrogen-bond acceptors (Lipinski definition) is 3. The van der Waals surface area contributed by atoms with Crippen LogP contribution in [0.5, 0.6) is 0 Å². The number of likely N-dealkylation sites (N-methyl/N-ethyl adjacent to an activating group) is 1. The molecule has 5 heteroatoms. The molecular weight excluding hydrogens is 218 g/mol. The lowest BCUT2D eigenvalue weighted by Gasteiger charge is -2.36. The molecule has 0 aromatic carbocycles. The van der Waals surface area contributed by atoms with Crippen LogP contribution in [0, 0.1) is 16.7 Å². The van der Waals surface area contributed by atoms with Crippen LogP contribution < -0.4 is 5.32 Å². The van der Waals surface area contributed by atoms with Crippen LogP contribution in [0.1, 0.15) is 33.1 Å². The molecule has 0 radical (unpaired) electrons. The molecule has 1 fully saturated rings. The summed E-state index contributed by atoms with van der Waals surface area (Å²) in [7, 11) is 1.57. The molecule has 94 valence electrons. The van der Waals surface area contributed by atoms with Gasteiger partial charge in [0.1, 0.15) is 5.41 Å². The molecule has 0 aromatic rings. The van der Waals surface area contributed by atoms with E-state index in [4.69, 9.17) is 5.26 Å². The highest BCUT2D eigenvalue weighted by Gasteiger charge is 2.46. The first kappa shape index (κ1) is 13.5. The lowest BCUT2D eigenvalue weighted by molar-refractivity contribution is -0.144. The van der Waals surface area contributed by atoms with Gasteiger partial charge in [-0.2, -0.15) is 5.26 Å². The number of nitriles is 1. The van der Waals surface area contributed by atoms with Crippen molar-refractivity contribution in [3.05, 3.63) is 0 Å². The summed E-state index contributed by atoms with van der Waals surface area (Å²) in [5.74, 6) is -0.423. The average Bonchev–Trinajstić information content (AvgIpc) is 2.14. The molecule has 0 saturated heterocycles. The second kappa shape index (κ2) is 5.17. The monoisotopic (exact) mass is 237 g/mol. The van der Waals surface area contributed by atoms with E-state index in [0.717, 1.165) is 6.42 Å². The van der Waals surface area contributed by atoms with E-state index in [1.807, 2.05) is 13.8 Å². The minimum Gasteiger partial charge on any atom is -0.352 e. The molecule has 0 aliphatic heterocycles. The van der Waals surface area contributed by atoms with E-state index >= 15 is 0 Å². The van der Waals surface area contributed by atoms with Gasteiger partial charge >= 0.3 is 0 Å². The molecule has 1 rings (SSSR count). The zero-order valence-electron chi connectivity index (χ0n) is 10.6. The number of nitrogens with one attached hydrogen (secondary N) is 1. The number of hydrogen-bond donors (Lipinski definition) is 1. The third-order valence-electron chi connectivity index (χ3n) is 3.01. The van der Waals surface area contributed by atoms with Crippen LogP contribution in [0.4, 0.5) is 0 Å². The molecule has 5 nitrogen and oxygen atoms in total. The topological polar surface area (TPSA) is 73.2 Å². The SMILES string of the molecule is CC(C)NC(=O)CN(C)C(=O)C1(C#N)CCC1. The summed E-state index contributed by atoms with van der Waals surface area (Å²) in [5, 5.41) is 11.8. The van der Waals surface area contributed by atoms with Crippen LogP contribution >= 0.6 is 0 Å². The van der Waals surface area contributed by atoms with Crippen molar-refractivity contribution in [1.82, 2.24) is 10.2 Å². The van der Waals surface area contributed by atoms with Gasteiger partial charge in [0.05, 0.1) is 12.6 Å². The fourth-order valence-corrected chi connectivity index (χ4v) is 1.92. The molecule has 1 aliphatic rings. The molecule has 0 spiro atoms. The Morgan fingerprint density at radius 2 is 2.06 bits per heavy atom. The van der Waals surface area contributed by atoms with Gasteiger partial charge in [0.25, 0.3) is 0 Å². The van der Waals surface area contributed by atoms with E-state index in [0.29, 0.717) is 12.8 Å². The van der Waals surface area contributed by atoms with Gasteiger partial charge in [-0.25, -0.2) is 0 Å². The predicted molar refractivity (Wildman–Crippen MR) is 62.8 cm³/mol. The largest absolute Gasteiger partial charge is 0.352 e. The van der Waals surface area contributed by atoms with E-state index in [1.165, 1.54) is 4.90 Å². The Bertz CT molecular complexity index is 353. The van der Waals surface area contributed by atoms with E-state index in [2.05, 4.69) is 11.4 Å². The Hall–Kier alpha value is -1.57. The fourth-order valence-electron chi connectivity index (χ4n) is 1.92. The predicted octanol–water partition coefficient (Wildman–Crippen LogP) is 0.663. The van der Waals surface area contributed by atoms with Crippen LogP contribution in [0.2, 0.25) is 0 Å². The normalized spacial score (nSPS) is 16.9. The Labute approximate surface area is 102 Å². The molecule has 2 amide bonds. The van der Waals surface area contributed by atoms with Crippen molar-refractivity contribution in [2.24, 2.45) is 5.41 Å². The first-order valence-corrected chi connectivity index (χ1v) is 5.87. The van der Waals surface area contributed by atoms with Gasteiger partial charge in [-0.3, -0.25) is 9.59 Å². The molecule has 0 bridgehead atoms. The van der Waals surface area contributed by atoms with Crippen molar-refractivity contribution in [3.8, 4) is 6.07 Å². The zero-order chi connectivity index (χ0) is 13.1. The van der Waals surface area contributed by atoms with Gasteiger partial charge in [-0.15, -0.1) is 0 Å². The standard InChI is InChI=1S/C12H19N3O2/c1-9(2)14-10(16)7-15(3)11(17)12(8-13)5-4-6-12/h9H,4-7H2,1-3H3,(H,14,16). The second-order valence-electron chi connectivity index (χ2n) is 4.93. The molecule has 1 aliphatic carbocycles. The summed E-state index contributed by atoms with van der Waals surface area (Å²) < 4.78 is 0. The number of carbonyl (C=O) groups is 2. The molecule has 0 aromatic heterocycles. The molecule has 0 atom stereocenters. The van der Waals surface area contributed by atoms with Gasteiger partial charge in [0, 0.05) is 13.1 Å². The van der Waals surface area contributed by atoms with Crippen LogP contribution in [-0.2, 0) is 9.59 Å². The van der Waals surface area contributed by atoms with Crippen molar-refractivity contribution in [3.63, 3.8) is 0 Å².